The minimum absolute atomic E-state index is 0.0937. The van der Waals surface area contributed by atoms with Crippen LogP contribution >= 0.6 is 0 Å². The second kappa shape index (κ2) is 4.37. The Kier molecular flexibility index (Phi) is 3.41. The molecule has 1 aliphatic rings. The maximum Gasteiger partial charge on any atom is 0.253 e. The lowest BCUT2D eigenvalue weighted by Gasteiger charge is -2.22. The Balaban J connectivity index is 2.52. The van der Waals surface area contributed by atoms with E-state index in [1.807, 2.05) is 13.8 Å². The monoisotopic (exact) mass is 197 g/mol. The van der Waals surface area contributed by atoms with E-state index in [9.17, 15) is 14.7 Å². The fourth-order valence-electron chi connectivity index (χ4n) is 1.25. The molecule has 14 heavy (non-hydrogen) atoms. The summed E-state index contributed by atoms with van der Waals surface area (Å²) < 4.78 is 0. The van der Waals surface area contributed by atoms with Crippen LogP contribution in [0.25, 0.3) is 0 Å². The van der Waals surface area contributed by atoms with Crippen LogP contribution in [0.2, 0.25) is 0 Å². The van der Waals surface area contributed by atoms with Gasteiger partial charge in [-0.05, 0) is 5.92 Å². The van der Waals surface area contributed by atoms with Crippen LogP contribution < -0.4 is 0 Å². The summed E-state index contributed by atoms with van der Waals surface area (Å²) in [6, 6.07) is 0. The van der Waals surface area contributed by atoms with Crippen LogP contribution in [0.4, 0.5) is 0 Å². The van der Waals surface area contributed by atoms with Crippen molar-refractivity contribution >= 4 is 11.8 Å². The molecule has 0 aromatic carbocycles. The number of aliphatic hydroxyl groups excluding tert-OH is 1. The number of imide groups is 1. The molecule has 1 heterocycles. The number of amides is 2. The van der Waals surface area contributed by atoms with Crippen molar-refractivity contribution in [3.05, 3.63) is 12.2 Å². The molecular formula is C10H15NO3. The molecule has 4 nitrogen and oxygen atoms in total. The van der Waals surface area contributed by atoms with Crippen molar-refractivity contribution < 1.29 is 14.7 Å². The van der Waals surface area contributed by atoms with Crippen molar-refractivity contribution in [1.29, 1.82) is 0 Å². The summed E-state index contributed by atoms with van der Waals surface area (Å²) in [5.41, 5.74) is 0. The van der Waals surface area contributed by atoms with E-state index in [1.54, 1.807) is 0 Å². The number of hydrogen-bond acceptors (Lipinski definition) is 3. The van der Waals surface area contributed by atoms with Crippen LogP contribution in [0.5, 0.6) is 0 Å². The first-order chi connectivity index (χ1) is 6.56. The molecule has 0 spiro atoms. The lowest BCUT2D eigenvalue weighted by molar-refractivity contribution is -0.138. The van der Waals surface area contributed by atoms with E-state index in [1.165, 1.54) is 12.2 Å². The lowest BCUT2D eigenvalue weighted by atomic mass is 10.0. The Bertz CT molecular complexity index is 255. The SMILES string of the molecule is CCC(C)C(O)CN1C(=O)C=CC1=O. The number of β-amino-alcohol motifs (C(OH)–C–C–N with tert-alkyl or cyclic N) is 1. The second-order valence-electron chi connectivity index (χ2n) is 3.57. The molecule has 0 saturated heterocycles. The normalized spacial score (nSPS) is 20.4. The van der Waals surface area contributed by atoms with E-state index in [0.29, 0.717) is 0 Å². The van der Waals surface area contributed by atoms with Crippen LogP contribution in [0.15, 0.2) is 12.2 Å². The Morgan fingerprint density at radius 2 is 1.86 bits per heavy atom. The van der Waals surface area contributed by atoms with E-state index in [0.717, 1.165) is 11.3 Å². The molecule has 0 aromatic heterocycles. The van der Waals surface area contributed by atoms with Gasteiger partial charge in [-0.3, -0.25) is 14.5 Å². The number of carbonyl (C=O) groups excluding carboxylic acids is 2. The second-order valence-corrected chi connectivity index (χ2v) is 3.57. The Morgan fingerprint density at radius 3 is 2.29 bits per heavy atom. The molecule has 0 saturated carbocycles. The van der Waals surface area contributed by atoms with E-state index in [4.69, 9.17) is 0 Å². The molecule has 2 unspecified atom stereocenters. The predicted octanol–water partition coefficient (Wildman–Crippen LogP) is 0.318. The van der Waals surface area contributed by atoms with E-state index in [2.05, 4.69) is 0 Å². The molecule has 0 aromatic rings. The van der Waals surface area contributed by atoms with Crippen LogP contribution in [-0.2, 0) is 9.59 Å². The summed E-state index contributed by atoms with van der Waals surface area (Å²) in [6.07, 6.45) is 2.65. The maximum absolute atomic E-state index is 11.1. The first-order valence-corrected chi connectivity index (χ1v) is 4.77. The highest BCUT2D eigenvalue weighted by atomic mass is 16.3. The van der Waals surface area contributed by atoms with Gasteiger partial charge in [0.05, 0.1) is 12.6 Å². The number of nitrogens with zero attached hydrogens (tertiary/aromatic N) is 1. The van der Waals surface area contributed by atoms with Crippen molar-refractivity contribution in [3.63, 3.8) is 0 Å². The van der Waals surface area contributed by atoms with Crippen LogP contribution in [0.1, 0.15) is 20.3 Å². The minimum Gasteiger partial charge on any atom is -0.391 e. The molecule has 0 fully saturated rings. The molecule has 0 aliphatic carbocycles. The molecule has 2 atom stereocenters. The average molecular weight is 197 g/mol. The quantitative estimate of drug-likeness (QED) is 0.660. The Hall–Kier alpha value is -1.16. The number of carbonyl (C=O) groups is 2. The summed E-state index contributed by atoms with van der Waals surface area (Å²) in [5, 5.41) is 9.64. The highest BCUT2D eigenvalue weighted by Crippen LogP contribution is 2.11. The Labute approximate surface area is 83.2 Å². The summed E-state index contributed by atoms with van der Waals surface area (Å²) in [4.78, 5) is 23.3. The zero-order chi connectivity index (χ0) is 10.7. The topological polar surface area (TPSA) is 57.6 Å². The predicted molar refractivity (Wildman–Crippen MR) is 51.3 cm³/mol. The van der Waals surface area contributed by atoms with Crippen molar-refractivity contribution in [2.45, 2.75) is 26.4 Å². The van der Waals surface area contributed by atoms with E-state index < -0.39 is 6.10 Å². The van der Waals surface area contributed by atoms with Crippen LogP contribution in [-0.4, -0.2) is 34.5 Å². The summed E-state index contributed by atoms with van der Waals surface area (Å²) in [7, 11) is 0. The molecular weight excluding hydrogens is 182 g/mol. The third-order valence-electron chi connectivity index (χ3n) is 2.57. The number of rotatable bonds is 4. The highest BCUT2D eigenvalue weighted by Gasteiger charge is 2.27. The first kappa shape index (κ1) is 10.9. The smallest absolute Gasteiger partial charge is 0.253 e. The van der Waals surface area contributed by atoms with Gasteiger partial charge in [0.25, 0.3) is 11.8 Å². The highest BCUT2D eigenvalue weighted by molar-refractivity contribution is 6.12. The zero-order valence-electron chi connectivity index (χ0n) is 8.43. The lowest BCUT2D eigenvalue weighted by Crippen LogP contribution is -2.39. The molecule has 1 aliphatic heterocycles. The van der Waals surface area contributed by atoms with Gasteiger partial charge in [-0.15, -0.1) is 0 Å². The van der Waals surface area contributed by atoms with Gasteiger partial charge >= 0.3 is 0 Å². The summed E-state index contributed by atoms with van der Waals surface area (Å²) in [5.74, 6) is -0.578. The van der Waals surface area contributed by atoms with E-state index in [-0.39, 0.29) is 24.3 Å². The van der Waals surface area contributed by atoms with Crippen LogP contribution in [0, 0.1) is 5.92 Å². The molecule has 0 radical (unpaired) electrons. The van der Waals surface area contributed by atoms with Gasteiger partial charge in [-0.1, -0.05) is 20.3 Å². The van der Waals surface area contributed by atoms with Gasteiger partial charge in [0.1, 0.15) is 0 Å². The summed E-state index contributed by atoms with van der Waals surface area (Å²) in [6.45, 7) is 3.95. The first-order valence-electron chi connectivity index (χ1n) is 4.77. The van der Waals surface area contributed by atoms with Gasteiger partial charge in [0.15, 0.2) is 0 Å². The van der Waals surface area contributed by atoms with E-state index >= 15 is 0 Å². The van der Waals surface area contributed by atoms with Gasteiger partial charge in [-0.2, -0.15) is 0 Å². The number of aliphatic hydroxyl groups is 1. The molecule has 0 bridgehead atoms. The third-order valence-corrected chi connectivity index (χ3v) is 2.57. The zero-order valence-corrected chi connectivity index (χ0v) is 8.43. The van der Waals surface area contributed by atoms with Gasteiger partial charge in [-0.25, -0.2) is 0 Å². The van der Waals surface area contributed by atoms with Crippen LogP contribution in [0.3, 0.4) is 0 Å². The molecule has 2 amide bonds. The summed E-state index contributed by atoms with van der Waals surface area (Å²) >= 11 is 0. The number of hydrogen-bond donors (Lipinski definition) is 1. The molecule has 4 heteroatoms. The Morgan fingerprint density at radius 1 is 1.36 bits per heavy atom. The largest absolute Gasteiger partial charge is 0.391 e. The third kappa shape index (κ3) is 2.20. The molecule has 1 rings (SSSR count). The minimum atomic E-state index is -0.632. The molecule has 1 N–H and O–H groups in total. The van der Waals surface area contributed by atoms with Crippen molar-refractivity contribution in [2.75, 3.05) is 6.54 Å². The van der Waals surface area contributed by atoms with Gasteiger partial charge < -0.3 is 5.11 Å². The average Bonchev–Trinajstić information content (AvgIpc) is 2.48. The van der Waals surface area contributed by atoms with Crippen molar-refractivity contribution in [2.24, 2.45) is 5.92 Å². The fourth-order valence-corrected chi connectivity index (χ4v) is 1.25. The van der Waals surface area contributed by atoms with Gasteiger partial charge in [0, 0.05) is 12.2 Å². The van der Waals surface area contributed by atoms with Crippen molar-refractivity contribution in [1.82, 2.24) is 4.90 Å². The fraction of sp³-hybridized carbons (Fsp3) is 0.600. The molecule has 78 valence electrons. The standard InChI is InChI=1S/C10H15NO3/c1-3-7(2)8(12)6-11-9(13)4-5-10(11)14/h4-5,7-8,12H,3,6H2,1-2H3. The van der Waals surface area contributed by atoms with Gasteiger partial charge in [0.2, 0.25) is 0 Å². The maximum atomic E-state index is 11.1. The van der Waals surface area contributed by atoms with Crippen molar-refractivity contribution in [3.8, 4) is 0 Å².